The van der Waals surface area contributed by atoms with E-state index in [1.54, 1.807) is 23.9 Å². The zero-order chi connectivity index (χ0) is 16.7. The normalized spacial score (nSPS) is 14.2. The number of fused-ring (bicyclic) bond motifs is 1. The highest BCUT2D eigenvalue weighted by Gasteiger charge is 2.20. The first-order valence-corrected chi connectivity index (χ1v) is 8.05. The molecule has 4 nitrogen and oxygen atoms in total. The smallest absolute Gasteiger partial charge is 0.182 e. The highest BCUT2D eigenvalue weighted by molar-refractivity contribution is 6.37. The number of hydrogen-bond donors (Lipinski definition) is 0. The molecule has 0 unspecified atom stereocenters. The lowest BCUT2D eigenvalue weighted by Gasteiger charge is -2.08. The molecule has 0 saturated heterocycles. The van der Waals surface area contributed by atoms with Crippen LogP contribution in [0.15, 0.2) is 42.5 Å². The Kier molecular flexibility index (Phi) is 3.65. The molecule has 0 saturated carbocycles. The summed E-state index contributed by atoms with van der Waals surface area (Å²) < 4.78 is 14.9. The maximum atomic E-state index is 13.2. The summed E-state index contributed by atoms with van der Waals surface area (Å²) in [5, 5.41) is 14.3. The molecule has 0 aliphatic heterocycles. The second-order valence-corrected chi connectivity index (χ2v) is 6.06. The zero-order valence-electron chi connectivity index (χ0n) is 13.0. The minimum absolute atomic E-state index is 0.289. The summed E-state index contributed by atoms with van der Waals surface area (Å²) in [6.45, 7) is 0. The van der Waals surface area contributed by atoms with Crippen LogP contribution in [0.5, 0.6) is 0 Å². The van der Waals surface area contributed by atoms with E-state index >= 15 is 0 Å². The third-order valence-corrected chi connectivity index (χ3v) is 4.44. The molecule has 0 fully saturated rings. The van der Waals surface area contributed by atoms with Crippen LogP contribution in [-0.2, 0) is 7.05 Å². The number of halogens is 2. The van der Waals surface area contributed by atoms with Crippen LogP contribution in [0, 0.1) is 5.82 Å². The molecule has 0 radical (unpaired) electrons. The third kappa shape index (κ3) is 2.41. The van der Waals surface area contributed by atoms with Gasteiger partial charge in [0, 0.05) is 12.6 Å². The molecule has 0 bridgehead atoms. The van der Waals surface area contributed by atoms with Crippen molar-refractivity contribution in [3.8, 4) is 11.3 Å². The number of nitrogens with zero attached hydrogens (tertiary/aromatic N) is 4. The van der Waals surface area contributed by atoms with E-state index in [4.69, 9.17) is 11.6 Å². The Morgan fingerprint density at radius 1 is 1.08 bits per heavy atom. The minimum Gasteiger partial charge on any atom is -0.248 e. The van der Waals surface area contributed by atoms with Gasteiger partial charge in [-0.15, -0.1) is 10.2 Å². The Bertz CT molecular complexity index is 986. The standard InChI is InChI=1S/C18H14ClFN4/c1-24-18-14(16(23-24)12-7-9-13(20)10-8-12)15(19)17(21-22-18)11-5-3-2-4-6-11/h3,5-10H,2,4H2,1H3. The predicted octanol–water partition coefficient (Wildman–Crippen LogP) is 4.56. The fraction of sp³-hybridized carbons (Fsp3) is 0.167. The molecule has 1 aliphatic carbocycles. The van der Waals surface area contributed by atoms with Gasteiger partial charge in [0.2, 0.25) is 0 Å². The summed E-state index contributed by atoms with van der Waals surface area (Å²) in [5.41, 5.74) is 3.68. The molecule has 120 valence electrons. The molecule has 0 amide bonds. The SMILES string of the molecule is Cn1nc(-c2ccc(F)cc2)c2c(Cl)c(C3=CCCC=C3)nnc21. The van der Waals surface area contributed by atoms with Crippen molar-refractivity contribution in [3.63, 3.8) is 0 Å². The van der Waals surface area contributed by atoms with Crippen LogP contribution < -0.4 is 0 Å². The van der Waals surface area contributed by atoms with Crippen molar-refractivity contribution in [2.24, 2.45) is 7.05 Å². The average Bonchev–Trinajstić information content (AvgIpc) is 2.94. The summed E-state index contributed by atoms with van der Waals surface area (Å²) in [6.07, 6.45) is 8.20. The molecule has 24 heavy (non-hydrogen) atoms. The summed E-state index contributed by atoms with van der Waals surface area (Å²) in [7, 11) is 1.79. The van der Waals surface area contributed by atoms with Crippen molar-refractivity contribution >= 4 is 28.2 Å². The second-order valence-electron chi connectivity index (χ2n) is 5.68. The van der Waals surface area contributed by atoms with Crippen molar-refractivity contribution in [1.29, 1.82) is 0 Å². The third-order valence-electron chi connectivity index (χ3n) is 4.08. The Hall–Kier alpha value is -2.53. The Morgan fingerprint density at radius 3 is 2.58 bits per heavy atom. The van der Waals surface area contributed by atoms with Gasteiger partial charge < -0.3 is 0 Å². The molecule has 4 rings (SSSR count). The first kappa shape index (κ1) is 15.0. The van der Waals surface area contributed by atoms with Crippen LogP contribution >= 0.6 is 11.6 Å². The molecule has 0 atom stereocenters. The first-order chi connectivity index (χ1) is 11.6. The zero-order valence-corrected chi connectivity index (χ0v) is 13.8. The lowest BCUT2D eigenvalue weighted by atomic mass is 10.0. The van der Waals surface area contributed by atoms with Gasteiger partial charge in [0.1, 0.15) is 17.2 Å². The van der Waals surface area contributed by atoms with Crippen molar-refractivity contribution in [1.82, 2.24) is 20.0 Å². The van der Waals surface area contributed by atoms with Gasteiger partial charge in [-0.2, -0.15) is 5.10 Å². The monoisotopic (exact) mass is 340 g/mol. The highest BCUT2D eigenvalue weighted by atomic mass is 35.5. The summed E-state index contributed by atoms with van der Waals surface area (Å²) in [5.74, 6) is -0.289. The average molecular weight is 341 g/mol. The molecule has 0 N–H and O–H groups in total. The Labute approximate surface area is 143 Å². The van der Waals surface area contributed by atoms with E-state index in [1.807, 2.05) is 6.08 Å². The Balaban J connectivity index is 1.96. The minimum atomic E-state index is -0.289. The molecular formula is C18H14ClFN4. The second kappa shape index (κ2) is 5.83. The number of hydrogen-bond acceptors (Lipinski definition) is 3. The first-order valence-electron chi connectivity index (χ1n) is 7.67. The fourth-order valence-electron chi connectivity index (χ4n) is 2.87. The largest absolute Gasteiger partial charge is 0.248 e. The van der Waals surface area contributed by atoms with E-state index in [-0.39, 0.29) is 5.82 Å². The van der Waals surface area contributed by atoms with Crippen molar-refractivity contribution in [2.45, 2.75) is 12.8 Å². The molecule has 3 aromatic rings. The summed E-state index contributed by atoms with van der Waals surface area (Å²) in [4.78, 5) is 0. The summed E-state index contributed by atoms with van der Waals surface area (Å²) in [6, 6.07) is 6.19. The lowest BCUT2D eigenvalue weighted by molar-refractivity contribution is 0.628. The van der Waals surface area contributed by atoms with E-state index in [0.29, 0.717) is 22.1 Å². The van der Waals surface area contributed by atoms with Gasteiger partial charge in [0.25, 0.3) is 0 Å². The van der Waals surface area contributed by atoms with Crippen LogP contribution in [0.25, 0.3) is 27.9 Å². The van der Waals surface area contributed by atoms with Gasteiger partial charge in [-0.25, -0.2) is 9.07 Å². The molecule has 1 aromatic carbocycles. The predicted molar refractivity (Wildman–Crippen MR) is 93.1 cm³/mol. The van der Waals surface area contributed by atoms with E-state index in [9.17, 15) is 4.39 Å². The van der Waals surface area contributed by atoms with Crippen LogP contribution in [0.1, 0.15) is 18.5 Å². The van der Waals surface area contributed by atoms with Crippen LogP contribution in [-0.4, -0.2) is 20.0 Å². The van der Waals surface area contributed by atoms with Gasteiger partial charge in [-0.1, -0.05) is 29.8 Å². The molecule has 0 spiro atoms. The van der Waals surface area contributed by atoms with Gasteiger partial charge in [0.15, 0.2) is 5.65 Å². The lowest BCUT2D eigenvalue weighted by Crippen LogP contribution is -1.98. The number of aromatic nitrogens is 4. The van der Waals surface area contributed by atoms with Crippen LogP contribution in [0.4, 0.5) is 4.39 Å². The van der Waals surface area contributed by atoms with E-state index in [2.05, 4.69) is 27.4 Å². The molecular weight excluding hydrogens is 327 g/mol. The Morgan fingerprint density at radius 2 is 1.88 bits per heavy atom. The quantitative estimate of drug-likeness (QED) is 0.687. The fourth-order valence-corrected chi connectivity index (χ4v) is 3.20. The topological polar surface area (TPSA) is 43.6 Å². The van der Waals surface area contributed by atoms with Gasteiger partial charge in [-0.05, 0) is 42.7 Å². The van der Waals surface area contributed by atoms with Crippen LogP contribution in [0.3, 0.4) is 0 Å². The molecule has 2 aromatic heterocycles. The highest BCUT2D eigenvalue weighted by Crippen LogP contribution is 2.36. The number of allylic oxidation sites excluding steroid dienone is 4. The number of rotatable bonds is 2. The number of benzene rings is 1. The van der Waals surface area contributed by atoms with Gasteiger partial charge in [0.05, 0.1) is 10.4 Å². The van der Waals surface area contributed by atoms with Gasteiger partial charge >= 0.3 is 0 Å². The molecule has 2 heterocycles. The maximum Gasteiger partial charge on any atom is 0.182 e. The van der Waals surface area contributed by atoms with E-state index in [0.717, 1.165) is 29.4 Å². The van der Waals surface area contributed by atoms with E-state index in [1.165, 1.54) is 12.1 Å². The van der Waals surface area contributed by atoms with Crippen molar-refractivity contribution in [2.75, 3.05) is 0 Å². The number of aryl methyl sites for hydroxylation is 1. The van der Waals surface area contributed by atoms with E-state index < -0.39 is 0 Å². The molecule has 1 aliphatic rings. The van der Waals surface area contributed by atoms with Gasteiger partial charge in [-0.3, -0.25) is 0 Å². The maximum absolute atomic E-state index is 13.2. The molecule has 6 heteroatoms. The van der Waals surface area contributed by atoms with Crippen molar-refractivity contribution < 1.29 is 4.39 Å². The van der Waals surface area contributed by atoms with Crippen LogP contribution in [0.2, 0.25) is 5.02 Å². The summed E-state index contributed by atoms with van der Waals surface area (Å²) >= 11 is 6.67. The van der Waals surface area contributed by atoms with Crippen molar-refractivity contribution in [3.05, 3.63) is 59.0 Å².